The van der Waals surface area contributed by atoms with E-state index in [1.165, 1.54) is 6.07 Å². The van der Waals surface area contributed by atoms with Crippen LogP contribution < -0.4 is 30.0 Å². The number of piperazine rings is 1. The van der Waals surface area contributed by atoms with Crippen molar-refractivity contribution in [2.75, 3.05) is 87.9 Å². The third kappa shape index (κ3) is 5.81. The number of carbonyl (C=O) groups excluding carboxylic acids is 1. The van der Waals surface area contributed by atoms with E-state index < -0.39 is 5.91 Å². The number of fused-ring (bicyclic) bond motifs is 1. The lowest BCUT2D eigenvalue weighted by atomic mass is 10.1. The summed E-state index contributed by atoms with van der Waals surface area (Å²) in [5.74, 6) is 0.545. The number of hydrogen-bond acceptors (Lipinski definition) is 9. The first-order chi connectivity index (χ1) is 19.0. The van der Waals surface area contributed by atoms with Crippen molar-refractivity contribution in [1.29, 1.82) is 0 Å². The Morgan fingerprint density at radius 3 is 2.31 bits per heavy atom. The summed E-state index contributed by atoms with van der Waals surface area (Å²) in [4.78, 5) is 33.1. The number of amides is 1. The first-order valence-corrected chi connectivity index (χ1v) is 13.6. The Bertz CT molecular complexity index is 1380. The second kappa shape index (κ2) is 12.0. The summed E-state index contributed by atoms with van der Waals surface area (Å²) in [5.41, 5.74) is 2.30. The van der Waals surface area contributed by atoms with Gasteiger partial charge in [0, 0.05) is 57.5 Å². The van der Waals surface area contributed by atoms with E-state index in [-0.39, 0.29) is 11.2 Å². The molecule has 2 aromatic carbocycles. The van der Waals surface area contributed by atoms with Crippen molar-refractivity contribution in [3.8, 4) is 11.5 Å². The zero-order chi connectivity index (χ0) is 27.4. The average molecular weight is 537 g/mol. The zero-order valence-electron chi connectivity index (χ0n) is 22.8. The summed E-state index contributed by atoms with van der Waals surface area (Å²) in [6.45, 7) is 10.8. The summed E-state index contributed by atoms with van der Waals surface area (Å²) < 4.78 is 23.5. The molecule has 2 saturated heterocycles. The molecule has 1 aromatic heterocycles. The van der Waals surface area contributed by atoms with Crippen LogP contribution in [0.4, 0.5) is 17.1 Å². The number of rotatable bonds is 8. The summed E-state index contributed by atoms with van der Waals surface area (Å²) in [7, 11) is 2.09. The van der Waals surface area contributed by atoms with Gasteiger partial charge in [0.25, 0.3) is 5.91 Å². The Balaban J connectivity index is 1.49. The molecule has 0 unspecified atom stereocenters. The third-order valence-corrected chi connectivity index (χ3v) is 7.06. The summed E-state index contributed by atoms with van der Waals surface area (Å²) in [6, 6.07) is 10.4. The number of nitrogens with one attached hydrogen (secondary N) is 1. The van der Waals surface area contributed by atoms with Crippen LogP contribution in [0.3, 0.4) is 0 Å². The van der Waals surface area contributed by atoms with E-state index in [9.17, 15) is 9.59 Å². The van der Waals surface area contributed by atoms with Gasteiger partial charge < -0.3 is 38.6 Å². The van der Waals surface area contributed by atoms with Crippen LogP contribution in [0.5, 0.6) is 11.5 Å². The monoisotopic (exact) mass is 536 g/mol. The van der Waals surface area contributed by atoms with Crippen LogP contribution in [0.25, 0.3) is 11.0 Å². The molecule has 208 valence electrons. The quantitative estimate of drug-likeness (QED) is 0.464. The molecule has 2 fully saturated rings. The highest BCUT2D eigenvalue weighted by Crippen LogP contribution is 2.39. The van der Waals surface area contributed by atoms with Gasteiger partial charge in [-0.25, -0.2) is 0 Å². The van der Waals surface area contributed by atoms with Crippen LogP contribution in [0.2, 0.25) is 0 Å². The fourth-order valence-electron chi connectivity index (χ4n) is 5.00. The predicted octanol–water partition coefficient (Wildman–Crippen LogP) is 3.43. The van der Waals surface area contributed by atoms with Crippen molar-refractivity contribution in [3.63, 3.8) is 0 Å². The Morgan fingerprint density at radius 2 is 1.59 bits per heavy atom. The molecule has 10 heteroatoms. The molecule has 1 amide bonds. The van der Waals surface area contributed by atoms with E-state index in [0.717, 1.165) is 50.6 Å². The van der Waals surface area contributed by atoms with Gasteiger partial charge in [-0.2, -0.15) is 0 Å². The minimum absolute atomic E-state index is 0.0632. The van der Waals surface area contributed by atoms with Gasteiger partial charge in [-0.15, -0.1) is 0 Å². The number of likely N-dealkylation sites (N-methyl/N-ethyl adjacent to an activating group) is 1. The molecular weight excluding hydrogens is 500 g/mol. The van der Waals surface area contributed by atoms with Crippen molar-refractivity contribution in [2.45, 2.75) is 13.8 Å². The Kier molecular flexibility index (Phi) is 8.23. The summed E-state index contributed by atoms with van der Waals surface area (Å²) >= 11 is 0. The van der Waals surface area contributed by atoms with E-state index in [1.54, 1.807) is 12.1 Å². The molecule has 39 heavy (non-hydrogen) atoms. The van der Waals surface area contributed by atoms with Gasteiger partial charge in [0.15, 0.2) is 16.8 Å². The van der Waals surface area contributed by atoms with E-state index in [2.05, 4.69) is 27.1 Å². The topological polar surface area (TPSA) is 96.7 Å². The maximum atomic E-state index is 13.5. The van der Waals surface area contributed by atoms with Crippen LogP contribution in [-0.2, 0) is 4.74 Å². The largest absolute Gasteiger partial charge is 0.492 e. The first kappa shape index (κ1) is 26.8. The van der Waals surface area contributed by atoms with Crippen LogP contribution in [0, 0.1) is 0 Å². The van der Waals surface area contributed by atoms with Crippen LogP contribution in [0.15, 0.2) is 45.6 Å². The minimum atomic E-state index is -0.537. The van der Waals surface area contributed by atoms with Crippen LogP contribution in [-0.4, -0.2) is 83.6 Å². The van der Waals surface area contributed by atoms with Gasteiger partial charge in [0.1, 0.15) is 11.5 Å². The van der Waals surface area contributed by atoms with Crippen LogP contribution in [0.1, 0.15) is 24.4 Å². The molecule has 5 rings (SSSR count). The molecule has 0 bridgehead atoms. The number of para-hydroxylation sites is 1. The molecule has 3 heterocycles. The summed E-state index contributed by atoms with van der Waals surface area (Å²) in [5, 5.41) is 3.35. The lowest BCUT2D eigenvalue weighted by Gasteiger charge is -2.34. The number of hydrogen-bond donors (Lipinski definition) is 1. The fraction of sp³-hybridized carbons (Fsp3) is 0.448. The molecule has 0 aliphatic carbocycles. The van der Waals surface area contributed by atoms with Gasteiger partial charge >= 0.3 is 0 Å². The van der Waals surface area contributed by atoms with Gasteiger partial charge in [-0.3, -0.25) is 9.59 Å². The van der Waals surface area contributed by atoms with E-state index in [0.29, 0.717) is 54.6 Å². The molecule has 0 spiro atoms. The highest BCUT2D eigenvalue weighted by atomic mass is 16.5. The van der Waals surface area contributed by atoms with Crippen LogP contribution >= 0.6 is 0 Å². The zero-order valence-corrected chi connectivity index (χ0v) is 22.8. The summed E-state index contributed by atoms with van der Waals surface area (Å²) in [6.07, 6.45) is 0. The van der Waals surface area contributed by atoms with E-state index in [1.807, 2.05) is 32.0 Å². The third-order valence-electron chi connectivity index (χ3n) is 7.06. The Labute approximate surface area is 228 Å². The minimum Gasteiger partial charge on any atom is -0.492 e. The lowest BCUT2D eigenvalue weighted by molar-refractivity contribution is 0.0996. The lowest BCUT2D eigenvalue weighted by Crippen LogP contribution is -2.44. The average Bonchev–Trinajstić information content (AvgIpc) is 2.95. The molecule has 0 radical (unpaired) electrons. The number of benzene rings is 2. The van der Waals surface area contributed by atoms with Crippen molar-refractivity contribution in [3.05, 3.63) is 52.4 Å². The first-order valence-electron chi connectivity index (χ1n) is 13.6. The van der Waals surface area contributed by atoms with Crippen molar-refractivity contribution in [2.24, 2.45) is 0 Å². The van der Waals surface area contributed by atoms with Gasteiger partial charge in [0.2, 0.25) is 0 Å². The van der Waals surface area contributed by atoms with Crippen molar-refractivity contribution >= 4 is 33.9 Å². The van der Waals surface area contributed by atoms with Gasteiger partial charge in [-0.1, -0.05) is 6.07 Å². The second-order valence-electron chi connectivity index (χ2n) is 9.65. The highest BCUT2D eigenvalue weighted by molar-refractivity contribution is 6.04. The Hall–Kier alpha value is -3.76. The second-order valence-corrected chi connectivity index (χ2v) is 9.65. The number of anilines is 3. The SMILES string of the molecule is CCOc1cc(N2CCOCC2)c(OCC)cc1NC(=O)c1cc(=O)c2cccc(N3CCN(C)CC3)c2o1. The molecule has 2 aliphatic heterocycles. The fourth-order valence-corrected chi connectivity index (χ4v) is 5.00. The van der Waals surface area contributed by atoms with Gasteiger partial charge in [-0.05, 0) is 33.0 Å². The molecule has 0 saturated carbocycles. The molecule has 0 atom stereocenters. The van der Waals surface area contributed by atoms with Gasteiger partial charge in [0.05, 0.1) is 48.9 Å². The molecular formula is C29H36N4O6. The molecule has 1 N–H and O–H groups in total. The van der Waals surface area contributed by atoms with Crippen molar-refractivity contribution < 1.29 is 23.4 Å². The number of ether oxygens (including phenoxy) is 3. The van der Waals surface area contributed by atoms with E-state index in [4.69, 9.17) is 18.6 Å². The number of nitrogens with zero attached hydrogens (tertiary/aromatic N) is 3. The smallest absolute Gasteiger partial charge is 0.291 e. The predicted molar refractivity (Wildman–Crippen MR) is 152 cm³/mol. The standard InChI is InChI=1S/C29H36N4O6/c1-4-37-25-18-23(33-13-15-36-16-14-33)26(38-5-2)17-21(25)30-29(35)27-19-24(34)20-7-6-8-22(28(20)39-27)32-11-9-31(3)10-12-32/h6-8,17-19H,4-5,9-16H2,1-3H3,(H,30,35). The molecule has 3 aromatic rings. The van der Waals surface area contributed by atoms with Crippen molar-refractivity contribution in [1.82, 2.24) is 4.90 Å². The maximum absolute atomic E-state index is 13.5. The highest BCUT2D eigenvalue weighted by Gasteiger charge is 2.23. The maximum Gasteiger partial charge on any atom is 0.291 e. The van der Waals surface area contributed by atoms with E-state index >= 15 is 0 Å². The number of morpholine rings is 1. The normalized spacial score (nSPS) is 16.4. The molecule has 2 aliphatic rings. The number of carbonyl (C=O) groups is 1. The molecule has 10 nitrogen and oxygen atoms in total. The Morgan fingerprint density at radius 1 is 0.897 bits per heavy atom.